The molecule has 7 heteroatoms. The molecule has 0 aliphatic rings. The Morgan fingerprint density at radius 2 is 1.54 bits per heavy atom. The first-order chi connectivity index (χ1) is 11.5. The molecule has 0 aliphatic carbocycles. The first-order valence-electron chi connectivity index (χ1n) is 7.60. The molecule has 7 nitrogen and oxygen atoms in total. The van der Waals surface area contributed by atoms with Crippen LogP contribution in [-0.4, -0.2) is 29.2 Å². The molecule has 3 rings (SSSR count). The van der Waals surface area contributed by atoms with Crippen molar-refractivity contribution in [1.29, 1.82) is 0 Å². The molecule has 1 aromatic carbocycles. The Balaban J connectivity index is 1.78. The summed E-state index contributed by atoms with van der Waals surface area (Å²) in [5, 5.41) is 10.3. The van der Waals surface area contributed by atoms with E-state index in [1.165, 1.54) is 0 Å². The number of aryl methyl sites for hydroxylation is 2. The highest BCUT2D eigenvalue weighted by molar-refractivity contribution is 5.63. The maximum atomic E-state index is 5.05. The molecule has 0 bridgehead atoms. The lowest BCUT2D eigenvalue weighted by molar-refractivity contribution is 0.400. The SMILES string of the molecule is Cc1nc(Nc2ccc(N(C)C)cc2)cc(Nc2cc(C)on2)n1. The van der Waals surface area contributed by atoms with Gasteiger partial charge in [0.05, 0.1) is 0 Å². The number of aromatic nitrogens is 3. The highest BCUT2D eigenvalue weighted by Crippen LogP contribution is 2.22. The van der Waals surface area contributed by atoms with E-state index in [9.17, 15) is 0 Å². The van der Waals surface area contributed by atoms with E-state index in [-0.39, 0.29) is 0 Å². The fourth-order valence-corrected chi connectivity index (χ4v) is 2.24. The fourth-order valence-electron chi connectivity index (χ4n) is 2.24. The van der Waals surface area contributed by atoms with Crippen LogP contribution in [0.1, 0.15) is 11.6 Å². The van der Waals surface area contributed by atoms with Gasteiger partial charge in [0.15, 0.2) is 5.82 Å². The van der Waals surface area contributed by atoms with Crippen LogP contribution in [0.3, 0.4) is 0 Å². The molecule has 0 fully saturated rings. The van der Waals surface area contributed by atoms with Gasteiger partial charge in [0.25, 0.3) is 0 Å². The molecular formula is C17H20N6O. The van der Waals surface area contributed by atoms with Gasteiger partial charge in [-0.05, 0) is 38.1 Å². The van der Waals surface area contributed by atoms with E-state index in [1.807, 2.05) is 64.3 Å². The second-order valence-electron chi connectivity index (χ2n) is 5.70. The molecule has 0 amide bonds. The zero-order valence-corrected chi connectivity index (χ0v) is 14.2. The summed E-state index contributed by atoms with van der Waals surface area (Å²) in [6.07, 6.45) is 0. The third kappa shape index (κ3) is 3.81. The van der Waals surface area contributed by atoms with Gasteiger partial charge in [-0.15, -0.1) is 0 Å². The van der Waals surface area contributed by atoms with Crippen LogP contribution in [0.15, 0.2) is 40.9 Å². The minimum atomic E-state index is 0.617. The molecule has 24 heavy (non-hydrogen) atoms. The predicted octanol–water partition coefficient (Wildman–Crippen LogP) is 3.63. The van der Waals surface area contributed by atoms with Crippen molar-refractivity contribution >= 4 is 28.8 Å². The van der Waals surface area contributed by atoms with Crippen molar-refractivity contribution in [2.75, 3.05) is 29.6 Å². The number of benzene rings is 1. The first-order valence-corrected chi connectivity index (χ1v) is 7.60. The third-order valence-electron chi connectivity index (χ3n) is 3.38. The largest absolute Gasteiger partial charge is 0.378 e. The lowest BCUT2D eigenvalue weighted by atomic mass is 10.2. The van der Waals surface area contributed by atoms with E-state index in [2.05, 4.69) is 30.7 Å². The topological polar surface area (TPSA) is 79.1 Å². The van der Waals surface area contributed by atoms with Gasteiger partial charge in [-0.25, -0.2) is 9.97 Å². The average Bonchev–Trinajstić information content (AvgIpc) is 2.92. The number of anilines is 5. The standard InChI is InChI=1S/C17H20N6O/c1-11-9-17(22-24-11)21-16-10-15(18-12(2)19-16)20-13-5-7-14(8-6-13)23(3)4/h5-10H,1-4H3,(H2,18,19,20,21,22). The number of nitrogens with zero attached hydrogens (tertiary/aromatic N) is 4. The van der Waals surface area contributed by atoms with Crippen molar-refractivity contribution < 1.29 is 4.52 Å². The van der Waals surface area contributed by atoms with Crippen molar-refractivity contribution in [3.05, 3.63) is 48.0 Å². The molecule has 2 heterocycles. The molecule has 0 saturated heterocycles. The monoisotopic (exact) mass is 324 g/mol. The molecule has 0 aliphatic heterocycles. The Kier molecular flexibility index (Phi) is 4.33. The lowest BCUT2D eigenvalue weighted by Crippen LogP contribution is -2.08. The van der Waals surface area contributed by atoms with E-state index in [0.717, 1.165) is 17.1 Å². The van der Waals surface area contributed by atoms with E-state index in [0.29, 0.717) is 23.3 Å². The minimum absolute atomic E-state index is 0.617. The molecule has 124 valence electrons. The van der Waals surface area contributed by atoms with Gasteiger partial charge >= 0.3 is 0 Å². The Morgan fingerprint density at radius 3 is 2.12 bits per heavy atom. The van der Waals surface area contributed by atoms with Crippen LogP contribution in [0.4, 0.5) is 28.8 Å². The van der Waals surface area contributed by atoms with E-state index in [4.69, 9.17) is 4.52 Å². The number of hydrogen-bond acceptors (Lipinski definition) is 7. The summed E-state index contributed by atoms with van der Waals surface area (Å²) < 4.78 is 5.05. The van der Waals surface area contributed by atoms with Gasteiger partial charge in [0.1, 0.15) is 23.2 Å². The average molecular weight is 324 g/mol. The Morgan fingerprint density at radius 1 is 0.875 bits per heavy atom. The molecule has 0 spiro atoms. The smallest absolute Gasteiger partial charge is 0.175 e. The van der Waals surface area contributed by atoms with Gasteiger partial charge < -0.3 is 20.1 Å². The molecule has 0 radical (unpaired) electrons. The molecule has 0 saturated carbocycles. The van der Waals surface area contributed by atoms with Crippen LogP contribution in [0.25, 0.3) is 0 Å². The van der Waals surface area contributed by atoms with Gasteiger partial charge in [0, 0.05) is 37.6 Å². The highest BCUT2D eigenvalue weighted by Gasteiger charge is 2.06. The molecule has 0 atom stereocenters. The summed E-state index contributed by atoms with van der Waals surface area (Å²) in [6.45, 7) is 3.69. The summed E-state index contributed by atoms with van der Waals surface area (Å²) in [5.74, 6) is 3.38. The molecule has 0 unspecified atom stereocenters. The van der Waals surface area contributed by atoms with E-state index >= 15 is 0 Å². The molecule has 3 aromatic rings. The van der Waals surface area contributed by atoms with Crippen molar-refractivity contribution in [3.63, 3.8) is 0 Å². The zero-order valence-electron chi connectivity index (χ0n) is 14.2. The molecule has 2 N–H and O–H groups in total. The maximum Gasteiger partial charge on any atom is 0.175 e. The second kappa shape index (κ2) is 6.57. The third-order valence-corrected chi connectivity index (χ3v) is 3.38. The number of nitrogens with one attached hydrogen (secondary N) is 2. The van der Waals surface area contributed by atoms with Gasteiger partial charge in [-0.2, -0.15) is 0 Å². The Hall–Kier alpha value is -3.09. The summed E-state index contributed by atoms with van der Waals surface area (Å²) >= 11 is 0. The number of hydrogen-bond donors (Lipinski definition) is 2. The summed E-state index contributed by atoms with van der Waals surface area (Å²) in [4.78, 5) is 10.8. The maximum absolute atomic E-state index is 5.05. The minimum Gasteiger partial charge on any atom is -0.378 e. The summed E-state index contributed by atoms with van der Waals surface area (Å²) in [5.41, 5.74) is 2.10. The van der Waals surface area contributed by atoms with E-state index < -0.39 is 0 Å². The second-order valence-corrected chi connectivity index (χ2v) is 5.70. The summed E-state index contributed by atoms with van der Waals surface area (Å²) in [7, 11) is 4.03. The van der Waals surface area contributed by atoms with Gasteiger partial charge in [0.2, 0.25) is 0 Å². The van der Waals surface area contributed by atoms with E-state index in [1.54, 1.807) is 0 Å². The van der Waals surface area contributed by atoms with Crippen molar-refractivity contribution in [2.45, 2.75) is 13.8 Å². The molecule has 2 aromatic heterocycles. The van der Waals surface area contributed by atoms with Crippen molar-refractivity contribution in [1.82, 2.24) is 15.1 Å². The van der Waals surface area contributed by atoms with Crippen LogP contribution in [0, 0.1) is 13.8 Å². The fraction of sp³-hybridized carbons (Fsp3) is 0.235. The van der Waals surface area contributed by atoms with Crippen molar-refractivity contribution in [2.24, 2.45) is 0 Å². The predicted molar refractivity (Wildman–Crippen MR) is 95.3 cm³/mol. The normalized spacial score (nSPS) is 10.5. The lowest BCUT2D eigenvalue weighted by Gasteiger charge is -2.13. The van der Waals surface area contributed by atoms with Crippen LogP contribution in [0.5, 0.6) is 0 Å². The zero-order chi connectivity index (χ0) is 17.1. The first kappa shape index (κ1) is 15.8. The van der Waals surface area contributed by atoms with Crippen LogP contribution >= 0.6 is 0 Å². The van der Waals surface area contributed by atoms with Crippen LogP contribution in [-0.2, 0) is 0 Å². The Bertz CT molecular complexity index is 825. The quantitative estimate of drug-likeness (QED) is 0.741. The van der Waals surface area contributed by atoms with Gasteiger partial charge in [-0.1, -0.05) is 5.16 Å². The van der Waals surface area contributed by atoms with Crippen LogP contribution < -0.4 is 15.5 Å². The highest BCUT2D eigenvalue weighted by atomic mass is 16.5. The number of rotatable bonds is 5. The molecular weight excluding hydrogens is 304 g/mol. The van der Waals surface area contributed by atoms with Gasteiger partial charge in [-0.3, -0.25) is 0 Å². The van der Waals surface area contributed by atoms with Crippen LogP contribution in [0.2, 0.25) is 0 Å². The summed E-state index contributed by atoms with van der Waals surface area (Å²) in [6, 6.07) is 11.8. The Labute approximate surface area is 140 Å². The van der Waals surface area contributed by atoms with Crippen molar-refractivity contribution in [3.8, 4) is 0 Å².